The van der Waals surface area contributed by atoms with E-state index < -0.39 is 47.4 Å². The van der Waals surface area contributed by atoms with Gasteiger partial charge in [-0.15, -0.1) is 0 Å². The third kappa shape index (κ3) is 9.56. The lowest BCUT2D eigenvalue weighted by atomic mass is 9.85. The van der Waals surface area contributed by atoms with Crippen LogP contribution >= 0.6 is 11.6 Å². The molecule has 2 rings (SSSR count). The molecule has 0 unspecified atom stereocenters. The molecule has 1 fully saturated rings. The maximum atomic E-state index is 13.6. The van der Waals surface area contributed by atoms with Crippen molar-refractivity contribution in [3.8, 4) is 0 Å². The number of hydrogen-bond acceptors (Lipinski definition) is 6. The second-order valence-electron chi connectivity index (χ2n) is 10.9. The number of nitrogens with one attached hydrogen (secondary N) is 2. The summed E-state index contributed by atoms with van der Waals surface area (Å²) in [5.41, 5.74) is -0.0239. The number of β-amino-alcohol motifs (C(OH)–C–C–N with tert-alkyl or cyclic N) is 1. The number of likely N-dealkylation sites (tertiary alicyclic amines) is 1. The number of unbranched alkanes of at least 4 members (excludes halogenated alkanes) is 3. The Kier molecular flexibility index (Phi) is 12.0. The number of benzene rings is 1. The molecule has 1 aromatic carbocycles. The number of aliphatic carboxylic acids is 1. The minimum absolute atomic E-state index is 0.0392. The van der Waals surface area contributed by atoms with E-state index >= 15 is 0 Å². The van der Waals surface area contributed by atoms with E-state index in [0.29, 0.717) is 36.3 Å². The summed E-state index contributed by atoms with van der Waals surface area (Å²) in [6.45, 7) is 5.02. The van der Waals surface area contributed by atoms with Crippen molar-refractivity contribution in [3.05, 3.63) is 34.9 Å². The minimum Gasteiger partial charge on any atom is -0.481 e. The summed E-state index contributed by atoms with van der Waals surface area (Å²) in [6.07, 6.45) is 1.95. The highest BCUT2D eigenvalue weighted by Gasteiger charge is 2.44. The fraction of sp³-hybridized carbons (Fsp3) is 0.630. The van der Waals surface area contributed by atoms with Crippen LogP contribution in [0.2, 0.25) is 5.02 Å². The first-order chi connectivity index (χ1) is 17.8. The summed E-state index contributed by atoms with van der Waals surface area (Å²) in [5, 5.41) is 35.0. The molecule has 5 N–H and O–H groups in total. The van der Waals surface area contributed by atoms with Gasteiger partial charge < -0.3 is 30.9 Å². The number of carbonyl (C=O) groups is 4. The topological polar surface area (TPSA) is 156 Å². The maximum absolute atomic E-state index is 13.6. The van der Waals surface area contributed by atoms with Gasteiger partial charge in [-0.1, -0.05) is 57.3 Å². The van der Waals surface area contributed by atoms with E-state index in [2.05, 4.69) is 10.6 Å². The first kappa shape index (κ1) is 31.5. The van der Waals surface area contributed by atoms with Gasteiger partial charge in [0, 0.05) is 30.8 Å². The maximum Gasteiger partial charge on any atom is 0.303 e. The summed E-state index contributed by atoms with van der Waals surface area (Å²) in [5.74, 6) is -2.12. The highest BCUT2D eigenvalue weighted by atomic mass is 35.5. The number of aliphatic hydroxyl groups is 2. The molecule has 1 aromatic rings. The van der Waals surface area contributed by atoms with Gasteiger partial charge in [0.2, 0.25) is 17.7 Å². The van der Waals surface area contributed by atoms with Gasteiger partial charge in [-0.25, -0.2) is 0 Å². The van der Waals surface area contributed by atoms with Gasteiger partial charge >= 0.3 is 5.97 Å². The van der Waals surface area contributed by atoms with Crippen molar-refractivity contribution < 1.29 is 34.5 Å². The second-order valence-corrected chi connectivity index (χ2v) is 11.3. The molecule has 1 aliphatic rings. The average molecular weight is 554 g/mol. The van der Waals surface area contributed by atoms with Crippen LogP contribution in [0.3, 0.4) is 0 Å². The number of rotatable bonds is 13. The van der Waals surface area contributed by atoms with Gasteiger partial charge in [-0.3, -0.25) is 19.2 Å². The van der Waals surface area contributed by atoms with Crippen LogP contribution in [0.15, 0.2) is 24.3 Å². The van der Waals surface area contributed by atoms with Crippen LogP contribution in [0.1, 0.15) is 77.3 Å². The summed E-state index contributed by atoms with van der Waals surface area (Å²) < 4.78 is 0. The van der Waals surface area contributed by atoms with Crippen LogP contribution < -0.4 is 10.6 Å². The largest absolute Gasteiger partial charge is 0.481 e. The van der Waals surface area contributed by atoms with Crippen LogP contribution in [0, 0.1) is 5.41 Å². The lowest BCUT2D eigenvalue weighted by Crippen LogP contribution is -2.58. The van der Waals surface area contributed by atoms with E-state index in [9.17, 15) is 29.4 Å². The molecule has 0 aromatic heterocycles. The van der Waals surface area contributed by atoms with Gasteiger partial charge in [0.15, 0.2) is 0 Å². The first-order valence-electron chi connectivity index (χ1n) is 13.0. The van der Waals surface area contributed by atoms with Crippen LogP contribution in [-0.2, 0) is 19.2 Å². The Morgan fingerprint density at radius 1 is 1.03 bits per heavy atom. The Morgan fingerprint density at radius 2 is 1.63 bits per heavy atom. The first-order valence-corrected chi connectivity index (χ1v) is 13.4. The minimum atomic E-state index is -0.963. The SMILES string of the molecule is CC(C)(C)[C@H](NC(=O)CCCCCCC(=O)O)C(=O)N1C[C@H](O)C[C@H]1C(=O)N[C@@H](CO)c1ccc(Cl)cc1. The second kappa shape index (κ2) is 14.5. The zero-order valence-electron chi connectivity index (χ0n) is 22.3. The Morgan fingerprint density at radius 3 is 2.18 bits per heavy atom. The Bertz CT molecular complexity index is 964. The summed E-state index contributed by atoms with van der Waals surface area (Å²) in [7, 11) is 0. The van der Waals surface area contributed by atoms with E-state index in [4.69, 9.17) is 16.7 Å². The number of carboxylic acids is 1. The number of aliphatic hydroxyl groups excluding tert-OH is 2. The molecule has 0 bridgehead atoms. The van der Waals surface area contributed by atoms with E-state index in [1.165, 1.54) is 4.90 Å². The quantitative estimate of drug-likeness (QED) is 0.235. The molecule has 212 valence electrons. The number of halogens is 1. The number of nitrogens with zero attached hydrogens (tertiary/aromatic N) is 1. The lowest BCUT2D eigenvalue weighted by Gasteiger charge is -2.35. The van der Waals surface area contributed by atoms with Crippen LogP contribution in [-0.4, -0.2) is 75.2 Å². The van der Waals surface area contributed by atoms with Crippen molar-refractivity contribution in [3.63, 3.8) is 0 Å². The molecule has 0 saturated carbocycles. The zero-order chi connectivity index (χ0) is 28.5. The fourth-order valence-corrected chi connectivity index (χ4v) is 4.59. The molecule has 1 saturated heterocycles. The zero-order valence-corrected chi connectivity index (χ0v) is 23.0. The predicted molar refractivity (Wildman–Crippen MR) is 142 cm³/mol. The number of hydrogen-bond donors (Lipinski definition) is 5. The van der Waals surface area contributed by atoms with E-state index in [0.717, 1.165) is 0 Å². The molecule has 38 heavy (non-hydrogen) atoms. The van der Waals surface area contributed by atoms with Crippen molar-refractivity contribution >= 4 is 35.3 Å². The van der Waals surface area contributed by atoms with Gasteiger partial charge in [0.05, 0.1) is 18.8 Å². The highest BCUT2D eigenvalue weighted by molar-refractivity contribution is 6.30. The molecule has 1 heterocycles. The standard InChI is InChI=1S/C27H40ClN3O7/c1-27(2,3)24(30-22(34)8-6-4-5-7-9-23(35)36)26(38)31-15-19(33)14-21(31)25(37)29-20(16-32)17-10-12-18(28)13-11-17/h10-13,19-21,24,32-33H,4-9,14-16H2,1-3H3,(H,29,37)(H,30,34)(H,35,36)/t19-,20+,21+,24-/m1/s1. The Hall–Kier alpha value is -2.69. The fourth-order valence-electron chi connectivity index (χ4n) is 4.47. The molecule has 1 aliphatic heterocycles. The summed E-state index contributed by atoms with van der Waals surface area (Å²) >= 11 is 5.93. The van der Waals surface area contributed by atoms with Gasteiger partial charge in [-0.05, 0) is 36.0 Å². The smallest absolute Gasteiger partial charge is 0.303 e. The summed E-state index contributed by atoms with van der Waals surface area (Å²) in [4.78, 5) is 51.4. The van der Waals surface area contributed by atoms with Crippen molar-refractivity contribution in [2.45, 2.75) is 89.9 Å². The predicted octanol–water partition coefficient (Wildman–Crippen LogP) is 2.41. The van der Waals surface area contributed by atoms with Gasteiger partial charge in [0.1, 0.15) is 12.1 Å². The van der Waals surface area contributed by atoms with Gasteiger partial charge in [-0.2, -0.15) is 0 Å². The number of carbonyl (C=O) groups excluding carboxylic acids is 3. The molecule has 0 spiro atoms. The number of amides is 3. The molecule has 0 radical (unpaired) electrons. The van der Waals surface area contributed by atoms with Crippen molar-refractivity contribution in [2.75, 3.05) is 13.2 Å². The number of carboxylic acid groups (broad SMARTS) is 1. The third-order valence-corrected chi connectivity index (χ3v) is 6.85. The average Bonchev–Trinajstić information content (AvgIpc) is 3.24. The van der Waals surface area contributed by atoms with Crippen LogP contribution in [0.5, 0.6) is 0 Å². The van der Waals surface area contributed by atoms with Crippen molar-refractivity contribution in [1.82, 2.24) is 15.5 Å². The summed E-state index contributed by atoms with van der Waals surface area (Å²) in [6, 6.07) is 4.06. The van der Waals surface area contributed by atoms with E-state index in [1.807, 2.05) is 20.8 Å². The molecule has 3 amide bonds. The molecular formula is C27H40ClN3O7. The normalized spacial score (nSPS) is 19.1. The van der Waals surface area contributed by atoms with Crippen molar-refractivity contribution in [2.24, 2.45) is 5.41 Å². The molecule has 0 aliphatic carbocycles. The molecule has 10 nitrogen and oxygen atoms in total. The Labute approximate surface area is 228 Å². The highest BCUT2D eigenvalue weighted by Crippen LogP contribution is 2.27. The van der Waals surface area contributed by atoms with Crippen molar-refractivity contribution in [1.29, 1.82) is 0 Å². The lowest BCUT2D eigenvalue weighted by molar-refractivity contribution is -0.144. The molecule has 4 atom stereocenters. The van der Waals surface area contributed by atoms with Crippen LogP contribution in [0.25, 0.3) is 0 Å². The van der Waals surface area contributed by atoms with Gasteiger partial charge in [0.25, 0.3) is 0 Å². The Balaban J connectivity index is 2.05. The van der Waals surface area contributed by atoms with E-state index in [1.54, 1.807) is 24.3 Å². The third-order valence-electron chi connectivity index (χ3n) is 6.60. The molecule has 11 heteroatoms. The monoisotopic (exact) mass is 553 g/mol. The van der Waals surface area contributed by atoms with Crippen LogP contribution in [0.4, 0.5) is 0 Å². The molecular weight excluding hydrogens is 514 g/mol. The van der Waals surface area contributed by atoms with E-state index in [-0.39, 0.29) is 38.3 Å².